The summed E-state index contributed by atoms with van der Waals surface area (Å²) in [4.78, 5) is 28.4. The summed E-state index contributed by atoms with van der Waals surface area (Å²) < 4.78 is 5.80. The van der Waals surface area contributed by atoms with Crippen LogP contribution in [0, 0.1) is 0 Å². The molecule has 4 N–H and O–H groups in total. The van der Waals surface area contributed by atoms with E-state index in [0.717, 1.165) is 27.6 Å². The van der Waals surface area contributed by atoms with Crippen molar-refractivity contribution in [3.8, 4) is 5.75 Å². The minimum absolute atomic E-state index is 0.0699. The fourth-order valence-corrected chi connectivity index (χ4v) is 4.65. The fraction of sp³-hybridized carbons (Fsp3) is 0.394. The van der Waals surface area contributed by atoms with Gasteiger partial charge in [-0.15, -0.1) is 0 Å². The van der Waals surface area contributed by atoms with Crippen molar-refractivity contribution >= 4 is 22.6 Å². The molecule has 3 rings (SSSR count). The van der Waals surface area contributed by atoms with Crippen LogP contribution in [0.1, 0.15) is 50.7 Å². The van der Waals surface area contributed by atoms with Crippen LogP contribution in [0.2, 0.25) is 0 Å². The molecule has 0 aliphatic carbocycles. The number of likely N-dealkylation sites (N-methyl/N-ethyl adjacent to an activating group) is 1. The van der Waals surface area contributed by atoms with Gasteiger partial charge in [-0.1, -0.05) is 73.7 Å². The van der Waals surface area contributed by atoms with Crippen LogP contribution in [-0.2, 0) is 16.0 Å². The number of hydrogen-bond donors (Lipinski definition) is 3. The average Bonchev–Trinajstić information content (AvgIpc) is 2.93. The van der Waals surface area contributed by atoms with Crippen molar-refractivity contribution in [1.29, 1.82) is 0 Å². The first kappa shape index (κ1) is 30.9. The third kappa shape index (κ3) is 8.93. The molecule has 0 saturated heterocycles. The number of ether oxygens (including phenoxy) is 1. The molecule has 7 heteroatoms. The van der Waals surface area contributed by atoms with E-state index in [2.05, 4.69) is 23.5 Å². The molecular formula is C33H43N3O4. The number of nitrogens with one attached hydrogen (secondary N) is 1. The smallest absolute Gasteiger partial charge is 0.246 e. The highest BCUT2D eigenvalue weighted by Gasteiger charge is 2.32. The molecule has 0 aromatic heterocycles. The van der Waals surface area contributed by atoms with E-state index in [0.29, 0.717) is 32.4 Å². The lowest BCUT2D eigenvalue weighted by Crippen LogP contribution is -2.50. The van der Waals surface area contributed by atoms with Crippen molar-refractivity contribution in [2.75, 3.05) is 26.8 Å². The number of nitrogens with two attached hydrogens (primary N) is 1. The Hall–Kier alpha value is -3.68. The maximum atomic E-state index is 13.7. The van der Waals surface area contributed by atoms with Gasteiger partial charge in [-0.3, -0.25) is 9.59 Å². The van der Waals surface area contributed by atoms with E-state index < -0.39 is 11.6 Å². The van der Waals surface area contributed by atoms with E-state index in [9.17, 15) is 9.59 Å². The quantitative estimate of drug-likeness (QED) is 0.203. The molecule has 0 fully saturated rings. The lowest BCUT2D eigenvalue weighted by molar-refractivity contribution is -0.136. The number of aliphatic hydroxyl groups excluding tert-OH is 1. The highest BCUT2D eigenvalue weighted by atomic mass is 16.5. The van der Waals surface area contributed by atoms with Gasteiger partial charge in [0.25, 0.3) is 0 Å². The summed E-state index contributed by atoms with van der Waals surface area (Å²) in [6.07, 6.45) is 4.94. The molecule has 2 atom stereocenters. The zero-order valence-electron chi connectivity index (χ0n) is 24.1. The predicted molar refractivity (Wildman–Crippen MR) is 161 cm³/mol. The van der Waals surface area contributed by atoms with Crippen LogP contribution >= 0.6 is 0 Å². The Morgan fingerprint density at radius 1 is 1.07 bits per heavy atom. The first-order valence-corrected chi connectivity index (χ1v) is 13.9. The normalized spacial score (nSPS) is 13.2. The van der Waals surface area contributed by atoms with Gasteiger partial charge in [0.2, 0.25) is 11.8 Å². The number of hydrogen-bond acceptors (Lipinski definition) is 5. The predicted octanol–water partition coefficient (Wildman–Crippen LogP) is 4.57. The number of carbonyl (C=O) groups excluding carboxylic acids is 2. The van der Waals surface area contributed by atoms with Crippen molar-refractivity contribution in [2.45, 2.75) is 57.5 Å². The molecule has 3 aromatic rings. The van der Waals surface area contributed by atoms with Crippen LogP contribution < -0.4 is 15.8 Å². The first-order chi connectivity index (χ1) is 19.1. The summed E-state index contributed by atoms with van der Waals surface area (Å²) in [5.41, 5.74) is 7.58. The van der Waals surface area contributed by atoms with Crippen molar-refractivity contribution in [3.63, 3.8) is 0 Å². The van der Waals surface area contributed by atoms with Gasteiger partial charge in [0.15, 0.2) is 0 Å². The maximum Gasteiger partial charge on any atom is 0.246 e. The topological polar surface area (TPSA) is 105 Å². The minimum Gasteiger partial charge on any atom is -0.493 e. The zero-order chi connectivity index (χ0) is 29.1. The molecule has 2 amide bonds. The Kier molecular flexibility index (Phi) is 11.3. The summed E-state index contributed by atoms with van der Waals surface area (Å²) in [6.45, 7) is 6.67. The third-order valence-corrected chi connectivity index (χ3v) is 6.94. The molecule has 3 aromatic carbocycles. The van der Waals surface area contributed by atoms with Crippen LogP contribution in [-0.4, -0.2) is 60.2 Å². The number of carbonyl (C=O) groups is 2. The molecule has 214 valence electrons. The van der Waals surface area contributed by atoms with Crippen LogP contribution in [0.15, 0.2) is 78.9 Å². The van der Waals surface area contributed by atoms with Gasteiger partial charge in [0.05, 0.1) is 6.61 Å². The number of nitrogens with zero attached hydrogens (tertiary/aromatic N) is 1. The number of amides is 2. The van der Waals surface area contributed by atoms with Crippen molar-refractivity contribution in [2.24, 2.45) is 5.73 Å². The molecular weight excluding hydrogens is 502 g/mol. The summed E-state index contributed by atoms with van der Waals surface area (Å²) in [6, 6.07) is 21.2. The lowest BCUT2D eigenvalue weighted by atomic mass is 9.90. The summed E-state index contributed by atoms with van der Waals surface area (Å²) in [7, 11) is 1.67. The standard InChI is InChI=1S/C33H43N3O4/c1-24(27-17-16-25-11-5-6-13-28(25)23-27)31(36(4)30(38)15-9-19-33(2,3)34)32(39)35-20-18-26-12-7-8-14-29(26)40-22-10-21-37/h5-9,11-17,23-24,31,37H,10,18-22,34H2,1-4H3,(H,35,39)/b15-9+. The molecule has 0 bridgehead atoms. The summed E-state index contributed by atoms with van der Waals surface area (Å²) >= 11 is 0. The van der Waals surface area contributed by atoms with Crippen LogP contribution in [0.3, 0.4) is 0 Å². The Morgan fingerprint density at radius 2 is 1.77 bits per heavy atom. The number of para-hydroxylation sites is 1. The van der Waals surface area contributed by atoms with Gasteiger partial charge < -0.3 is 25.8 Å². The molecule has 0 saturated carbocycles. The van der Waals surface area contributed by atoms with Gasteiger partial charge >= 0.3 is 0 Å². The molecule has 40 heavy (non-hydrogen) atoms. The largest absolute Gasteiger partial charge is 0.493 e. The van der Waals surface area contributed by atoms with E-state index in [1.807, 2.05) is 69.3 Å². The van der Waals surface area contributed by atoms with E-state index in [1.54, 1.807) is 13.1 Å². The number of aliphatic hydroxyl groups is 1. The monoisotopic (exact) mass is 545 g/mol. The van der Waals surface area contributed by atoms with Crippen molar-refractivity contribution in [3.05, 3.63) is 90.0 Å². The Bertz CT molecular complexity index is 1300. The molecule has 0 radical (unpaired) electrons. The van der Waals surface area contributed by atoms with Gasteiger partial charge in [-0.05, 0) is 60.7 Å². The SMILES string of the molecule is CC(c1ccc2ccccc2c1)C(C(=O)NCCc1ccccc1OCCCO)N(C)C(=O)/C=C/CC(C)(C)N. The third-order valence-electron chi connectivity index (χ3n) is 6.94. The number of benzene rings is 3. The Labute approximate surface area is 238 Å². The first-order valence-electron chi connectivity index (χ1n) is 13.9. The molecule has 0 aliphatic heterocycles. The van der Waals surface area contributed by atoms with Crippen LogP contribution in [0.5, 0.6) is 5.75 Å². The molecule has 0 spiro atoms. The fourth-order valence-electron chi connectivity index (χ4n) is 4.65. The van der Waals surface area contributed by atoms with E-state index in [4.69, 9.17) is 15.6 Å². The molecule has 2 unspecified atom stereocenters. The maximum absolute atomic E-state index is 13.7. The van der Waals surface area contributed by atoms with Gasteiger partial charge in [-0.25, -0.2) is 0 Å². The van der Waals surface area contributed by atoms with Gasteiger partial charge in [0, 0.05) is 38.1 Å². The zero-order valence-corrected chi connectivity index (χ0v) is 24.1. The average molecular weight is 546 g/mol. The summed E-state index contributed by atoms with van der Waals surface area (Å²) in [5, 5.41) is 14.3. The van der Waals surface area contributed by atoms with Gasteiger partial charge in [-0.2, -0.15) is 0 Å². The second-order valence-corrected chi connectivity index (χ2v) is 11.0. The Morgan fingerprint density at radius 3 is 2.50 bits per heavy atom. The molecule has 7 nitrogen and oxygen atoms in total. The Balaban J connectivity index is 1.78. The van der Waals surface area contributed by atoms with Crippen LogP contribution in [0.4, 0.5) is 0 Å². The van der Waals surface area contributed by atoms with E-state index in [-0.39, 0.29) is 24.3 Å². The number of rotatable bonds is 14. The highest BCUT2D eigenvalue weighted by Crippen LogP contribution is 2.27. The highest BCUT2D eigenvalue weighted by molar-refractivity contribution is 5.93. The lowest BCUT2D eigenvalue weighted by Gasteiger charge is -2.32. The number of fused-ring (bicyclic) bond motifs is 1. The summed E-state index contributed by atoms with van der Waals surface area (Å²) in [5.74, 6) is 0.0148. The van der Waals surface area contributed by atoms with E-state index >= 15 is 0 Å². The second kappa shape index (κ2) is 14.6. The molecule has 0 heterocycles. The van der Waals surface area contributed by atoms with Crippen molar-refractivity contribution in [1.82, 2.24) is 10.2 Å². The minimum atomic E-state index is -0.722. The van der Waals surface area contributed by atoms with Gasteiger partial charge in [0.1, 0.15) is 11.8 Å². The van der Waals surface area contributed by atoms with Crippen molar-refractivity contribution < 1.29 is 19.4 Å². The molecule has 0 aliphatic rings. The van der Waals surface area contributed by atoms with Crippen LogP contribution in [0.25, 0.3) is 10.8 Å². The second-order valence-electron chi connectivity index (χ2n) is 11.0. The van der Waals surface area contributed by atoms with E-state index in [1.165, 1.54) is 11.0 Å².